The minimum atomic E-state index is 0.394. The van der Waals surface area contributed by atoms with E-state index in [-0.39, 0.29) is 0 Å². The number of hydrogen-bond donors (Lipinski definition) is 1. The Morgan fingerprint density at radius 1 is 1.31 bits per heavy atom. The summed E-state index contributed by atoms with van der Waals surface area (Å²) in [5.41, 5.74) is 3.16. The zero-order valence-electron chi connectivity index (χ0n) is 9.26. The Bertz CT molecular complexity index is 399. The Morgan fingerprint density at radius 2 is 2.12 bits per heavy atom. The molecule has 0 fully saturated rings. The standard InChI is InChI=1S/C12H15N3S/c1-2-12(10-3-5-13-6-4-10)15-8-11-7-14-9-16-11/h3-7,9,12,15H,2,8H2,1H3. The lowest BCUT2D eigenvalue weighted by molar-refractivity contribution is 0.521. The number of nitrogens with zero attached hydrogens (tertiary/aromatic N) is 2. The average Bonchev–Trinajstić information content (AvgIpc) is 2.84. The number of aromatic nitrogens is 2. The summed E-state index contributed by atoms with van der Waals surface area (Å²) in [5.74, 6) is 0. The molecule has 1 N–H and O–H groups in total. The van der Waals surface area contributed by atoms with Crippen LogP contribution in [0.2, 0.25) is 0 Å². The molecule has 2 rings (SSSR count). The topological polar surface area (TPSA) is 37.8 Å². The molecule has 1 unspecified atom stereocenters. The van der Waals surface area contributed by atoms with Crippen molar-refractivity contribution < 1.29 is 0 Å². The number of pyridine rings is 1. The van der Waals surface area contributed by atoms with E-state index >= 15 is 0 Å². The van der Waals surface area contributed by atoms with Crippen molar-refractivity contribution in [2.45, 2.75) is 25.9 Å². The van der Waals surface area contributed by atoms with Crippen molar-refractivity contribution in [2.75, 3.05) is 0 Å². The van der Waals surface area contributed by atoms with Gasteiger partial charge in [-0.2, -0.15) is 0 Å². The van der Waals surface area contributed by atoms with Gasteiger partial charge >= 0.3 is 0 Å². The summed E-state index contributed by atoms with van der Waals surface area (Å²) in [6.07, 6.45) is 6.67. The van der Waals surface area contributed by atoms with Crippen LogP contribution in [0.4, 0.5) is 0 Å². The molecule has 0 aliphatic heterocycles. The van der Waals surface area contributed by atoms with E-state index in [9.17, 15) is 0 Å². The Labute approximate surface area is 99.6 Å². The third-order valence-corrected chi connectivity index (χ3v) is 3.30. The van der Waals surface area contributed by atoms with Crippen molar-refractivity contribution in [1.29, 1.82) is 0 Å². The molecule has 1 atom stereocenters. The molecule has 0 radical (unpaired) electrons. The first-order valence-corrected chi connectivity index (χ1v) is 6.28. The number of nitrogens with one attached hydrogen (secondary N) is 1. The maximum Gasteiger partial charge on any atom is 0.0794 e. The molecule has 2 aromatic heterocycles. The van der Waals surface area contributed by atoms with Gasteiger partial charge in [-0.3, -0.25) is 9.97 Å². The number of hydrogen-bond acceptors (Lipinski definition) is 4. The molecular weight excluding hydrogens is 218 g/mol. The van der Waals surface area contributed by atoms with Gasteiger partial charge in [-0.25, -0.2) is 0 Å². The second-order valence-electron chi connectivity index (χ2n) is 3.59. The third kappa shape index (κ3) is 2.87. The monoisotopic (exact) mass is 233 g/mol. The predicted octanol–water partition coefficient (Wildman–Crippen LogP) is 2.78. The quantitative estimate of drug-likeness (QED) is 0.863. The van der Waals surface area contributed by atoms with Crippen molar-refractivity contribution in [2.24, 2.45) is 0 Å². The molecule has 2 aromatic rings. The van der Waals surface area contributed by atoms with E-state index in [0.717, 1.165) is 13.0 Å². The van der Waals surface area contributed by atoms with Crippen LogP contribution in [0.5, 0.6) is 0 Å². The van der Waals surface area contributed by atoms with Crippen LogP contribution < -0.4 is 5.32 Å². The molecule has 16 heavy (non-hydrogen) atoms. The van der Waals surface area contributed by atoms with Crippen LogP contribution in [-0.4, -0.2) is 9.97 Å². The maximum atomic E-state index is 4.07. The Hall–Kier alpha value is -1.26. The fourth-order valence-electron chi connectivity index (χ4n) is 1.65. The normalized spacial score (nSPS) is 12.6. The predicted molar refractivity (Wildman–Crippen MR) is 66.2 cm³/mol. The summed E-state index contributed by atoms with van der Waals surface area (Å²) >= 11 is 1.68. The molecule has 2 heterocycles. The highest BCUT2D eigenvalue weighted by Crippen LogP contribution is 2.16. The summed E-state index contributed by atoms with van der Waals surface area (Å²) in [4.78, 5) is 9.37. The summed E-state index contributed by atoms with van der Waals surface area (Å²) in [6, 6.07) is 4.52. The van der Waals surface area contributed by atoms with E-state index in [1.165, 1.54) is 10.4 Å². The van der Waals surface area contributed by atoms with Crippen LogP contribution in [0.25, 0.3) is 0 Å². The average molecular weight is 233 g/mol. The lowest BCUT2D eigenvalue weighted by Crippen LogP contribution is -2.19. The van der Waals surface area contributed by atoms with Crippen molar-refractivity contribution >= 4 is 11.3 Å². The molecule has 3 nitrogen and oxygen atoms in total. The molecular formula is C12H15N3S. The Balaban J connectivity index is 1.96. The second kappa shape index (κ2) is 5.72. The van der Waals surface area contributed by atoms with Gasteiger partial charge in [0, 0.05) is 36.1 Å². The van der Waals surface area contributed by atoms with Gasteiger partial charge in [-0.05, 0) is 24.1 Å². The van der Waals surface area contributed by atoms with E-state index in [2.05, 4.69) is 34.3 Å². The molecule has 4 heteroatoms. The third-order valence-electron chi connectivity index (χ3n) is 2.52. The first-order chi connectivity index (χ1) is 7.90. The highest BCUT2D eigenvalue weighted by Gasteiger charge is 2.08. The molecule has 84 valence electrons. The lowest BCUT2D eigenvalue weighted by Gasteiger charge is -2.16. The first-order valence-electron chi connectivity index (χ1n) is 5.41. The summed E-state index contributed by atoms with van der Waals surface area (Å²) in [5, 5.41) is 3.53. The highest BCUT2D eigenvalue weighted by molar-refractivity contribution is 7.09. The van der Waals surface area contributed by atoms with Gasteiger partial charge < -0.3 is 5.32 Å². The van der Waals surface area contributed by atoms with Crippen molar-refractivity contribution in [3.8, 4) is 0 Å². The molecule has 0 saturated carbocycles. The fourth-order valence-corrected chi connectivity index (χ4v) is 2.19. The highest BCUT2D eigenvalue weighted by atomic mass is 32.1. The van der Waals surface area contributed by atoms with Gasteiger partial charge in [-0.1, -0.05) is 6.92 Å². The zero-order chi connectivity index (χ0) is 11.2. The molecule has 0 saturated heterocycles. The Morgan fingerprint density at radius 3 is 2.75 bits per heavy atom. The van der Waals surface area contributed by atoms with E-state index in [4.69, 9.17) is 0 Å². The van der Waals surface area contributed by atoms with Crippen LogP contribution in [0.1, 0.15) is 29.8 Å². The number of rotatable bonds is 5. The molecule has 0 bridgehead atoms. The van der Waals surface area contributed by atoms with Crippen LogP contribution in [-0.2, 0) is 6.54 Å². The van der Waals surface area contributed by atoms with Crippen molar-refractivity contribution in [3.05, 3.63) is 46.7 Å². The van der Waals surface area contributed by atoms with Gasteiger partial charge in [0.25, 0.3) is 0 Å². The minimum Gasteiger partial charge on any atom is -0.305 e. The summed E-state index contributed by atoms with van der Waals surface area (Å²) in [6.45, 7) is 3.07. The molecule has 0 aliphatic carbocycles. The van der Waals surface area contributed by atoms with E-state index in [1.807, 2.05) is 24.1 Å². The van der Waals surface area contributed by atoms with Crippen molar-refractivity contribution in [1.82, 2.24) is 15.3 Å². The smallest absolute Gasteiger partial charge is 0.0794 e. The summed E-state index contributed by atoms with van der Waals surface area (Å²) in [7, 11) is 0. The molecule has 0 amide bonds. The largest absolute Gasteiger partial charge is 0.305 e. The lowest BCUT2D eigenvalue weighted by atomic mass is 10.1. The van der Waals surface area contributed by atoms with Crippen LogP contribution in [0.15, 0.2) is 36.2 Å². The van der Waals surface area contributed by atoms with Gasteiger partial charge in [0.05, 0.1) is 5.51 Å². The van der Waals surface area contributed by atoms with Gasteiger partial charge in [0.1, 0.15) is 0 Å². The van der Waals surface area contributed by atoms with E-state index in [1.54, 1.807) is 11.3 Å². The first kappa shape index (κ1) is 11.2. The molecule has 0 aromatic carbocycles. The van der Waals surface area contributed by atoms with Crippen LogP contribution in [0, 0.1) is 0 Å². The number of thiazole rings is 1. The second-order valence-corrected chi connectivity index (χ2v) is 4.56. The van der Waals surface area contributed by atoms with Gasteiger partial charge in [-0.15, -0.1) is 11.3 Å². The minimum absolute atomic E-state index is 0.394. The van der Waals surface area contributed by atoms with Crippen LogP contribution in [0.3, 0.4) is 0 Å². The SMILES string of the molecule is CCC(NCc1cncs1)c1ccncc1. The van der Waals surface area contributed by atoms with E-state index < -0.39 is 0 Å². The fraction of sp³-hybridized carbons (Fsp3) is 0.333. The molecule has 0 spiro atoms. The van der Waals surface area contributed by atoms with Crippen molar-refractivity contribution in [3.63, 3.8) is 0 Å². The maximum absolute atomic E-state index is 4.07. The summed E-state index contributed by atoms with van der Waals surface area (Å²) < 4.78 is 0. The zero-order valence-corrected chi connectivity index (χ0v) is 10.1. The van der Waals surface area contributed by atoms with Gasteiger partial charge in [0.2, 0.25) is 0 Å². The van der Waals surface area contributed by atoms with Gasteiger partial charge in [0.15, 0.2) is 0 Å². The molecule has 0 aliphatic rings. The van der Waals surface area contributed by atoms with E-state index in [0.29, 0.717) is 6.04 Å². The Kier molecular flexibility index (Phi) is 4.02. The van der Waals surface area contributed by atoms with Crippen LogP contribution >= 0.6 is 11.3 Å².